The van der Waals surface area contributed by atoms with Crippen LogP contribution in [0.2, 0.25) is 0 Å². The van der Waals surface area contributed by atoms with Crippen LogP contribution < -0.4 is 4.90 Å². The maximum Gasteiger partial charge on any atom is 0.290 e. The minimum absolute atomic E-state index is 0.105. The molecule has 7 nitrogen and oxygen atoms in total. The Morgan fingerprint density at radius 1 is 1.37 bits per heavy atom. The number of nitrogens with zero attached hydrogens (tertiary/aromatic N) is 3. The molecule has 0 unspecified atom stereocenters. The van der Waals surface area contributed by atoms with Crippen molar-refractivity contribution in [3.8, 4) is 0 Å². The standard InChI is InChI=1S/C19H22N4O3S/c1-11-18(27-12(2)21-11)16(24)14-15(13-6-5-7-20-10-13)23(9-8-22(3)4)19(26)17(14)25/h5-7,10,15,25H,8-9H2,1-4H3/p+1/t15-/m1/s1. The van der Waals surface area contributed by atoms with Gasteiger partial charge in [0, 0.05) is 12.4 Å². The summed E-state index contributed by atoms with van der Waals surface area (Å²) in [5, 5.41) is 11.3. The maximum absolute atomic E-state index is 13.3. The summed E-state index contributed by atoms with van der Waals surface area (Å²) in [6, 6.07) is 2.92. The highest BCUT2D eigenvalue weighted by molar-refractivity contribution is 7.14. The van der Waals surface area contributed by atoms with Crippen molar-refractivity contribution in [1.82, 2.24) is 14.9 Å². The first-order valence-electron chi connectivity index (χ1n) is 8.73. The normalized spacial score (nSPS) is 17.3. The number of likely N-dealkylation sites (N-methyl/N-ethyl adjacent to an activating group) is 1. The number of thiazole rings is 1. The fraction of sp³-hybridized carbons (Fsp3) is 0.368. The topological polar surface area (TPSA) is 87.8 Å². The molecule has 0 fully saturated rings. The Balaban J connectivity index is 2.07. The van der Waals surface area contributed by atoms with Gasteiger partial charge in [-0.15, -0.1) is 11.3 Å². The van der Waals surface area contributed by atoms with Gasteiger partial charge in [-0.1, -0.05) is 6.07 Å². The summed E-state index contributed by atoms with van der Waals surface area (Å²) in [6.07, 6.45) is 3.26. The molecule has 0 aromatic carbocycles. The Morgan fingerprint density at radius 3 is 2.67 bits per heavy atom. The van der Waals surface area contributed by atoms with E-state index in [-0.39, 0.29) is 11.4 Å². The van der Waals surface area contributed by atoms with E-state index in [9.17, 15) is 14.7 Å². The SMILES string of the molecule is Cc1nc(C)c(C(=O)C2=C(O)C(=O)N(CC[NH+](C)C)[C@@H]2c2cccnc2)s1. The number of hydrogen-bond donors (Lipinski definition) is 2. The van der Waals surface area contributed by atoms with Crippen LogP contribution in [0.5, 0.6) is 0 Å². The van der Waals surface area contributed by atoms with Crippen molar-refractivity contribution in [1.29, 1.82) is 0 Å². The number of amides is 1. The molecule has 0 saturated carbocycles. The molecule has 3 rings (SSSR count). The van der Waals surface area contributed by atoms with Crippen LogP contribution in [0.4, 0.5) is 0 Å². The monoisotopic (exact) mass is 387 g/mol. The third-order valence-corrected chi connectivity index (χ3v) is 5.58. The fourth-order valence-electron chi connectivity index (χ4n) is 3.21. The van der Waals surface area contributed by atoms with Gasteiger partial charge in [0.05, 0.1) is 54.4 Å². The first kappa shape index (κ1) is 19.2. The fourth-order valence-corrected chi connectivity index (χ4v) is 4.08. The number of Topliss-reactive ketones (excluding diaryl/α,β-unsaturated/α-hetero) is 1. The van der Waals surface area contributed by atoms with Crippen molar-refractivity contribution in [3.05, 3.63) is 57.0 Å². The van der Waals surface area contributed by atoms with Gasteiger partial charge in [0.2, 0.25) is 5.78 Å². The highest BCUT2D eigenvalue weighted by atomic mass is 32.1. The quantitative estimate of drug-likeness (QED) is 0.719. The molecule has 1 aliphatic rings. The average molecular weight is 387 g/mol. The second-order valence-electron chi connectivity index (χ2n) is 6.88. The van der Waals surface area contributed by atoms with Gasteiger partial charge in [-0.25, -0.2) is 4.98 Å². The van der Waals surface area contributed by atoms with Crippen molar-refractivity contribution in [2.24, 2.45) is 0 Å². The Labute approximate surface area is 162 Å². The van der Waals surface area contributed by atoms with Gasteiger partial charge in [0.15, 0.2) is 5.76 Å². The summed E-state index contributed by atoms with van der Waals surface area (Å²) in [5.41, 5.74) is 1.41. The van der Waals surface area contributed by atoms with Crippen LogP contribution in [0, 0.1) is 13.8 Å². The summed E-state index contributed by atoms with van der Waals surface area (Å²) >= 11 is 1.27. The number of aliphatic hydroxyl groups is 1. The highest BCUT2D eigenvalue weighted by Crippen LogP contribution is 2.39. The van der Waals surface area contributed by atoms with Crippen molar-refractivity contribution in [3.63, 3.8) is 0 Å². The van der Waals surface area contributed by atoms with Gasteiger partial charge in [-0.3, -0.25) is 14.6 Å². The molecule has 3 heterocycles. The first-order valence-corrected chi connectivity index (χ1v) is 9.54. The number of quaternary nitrogens is 1. The molecular formula is C19H23N4O3S+. The lowest BCUT2D eigenvalue weighted by molar-refractivity contribution is -0.857. The number of aromatic nitrogens is 2. The van der Waals surface area contributed by atoms with Crippen LogP contribution in [0.15, 0.2) is 35.9 Å². The van der Waals surface area contributed by atoms with E-state index in [0.717, 1.165) is 5.01 Å². The predicted octanol–water partition coefficient (Wildman–Crippen LogP) is 0.878. The third kappa shape index (κ3) is 3.63. The molecule has 0 bridgehead atoms. The Bertz CT molecular complexity index is 905. The van der Waals surface area contributed by atoms with Gasteiger partial charge in [0.25, 0.3) is 5.91 Å². The molecular weight excluding hydrogens is 364 g/mol. The zero-order chi connectivity index (χ0) is 19.7. The van der Waals surface area contributed by atoms with Gasteiger partial charge in [0.1, 0.15) is 0 Å². The van der Waals surface area contributed by atoms with Crippen LogP contribution in [-0.2, 0) is 4.79 Å². The largest absolute Gasteiger partial charge is 0.503 e. The lowest BCUT2D eigenvalue weighted by Gasteiger charge is -2.26. The van der Waals surface area contributed by atoms with E-state index in [2.05, 4.69) is 9.97 Å². The van der Waals surface area contributed by atoms with E-state index in [4.69, 9.17) is 0 Å². The van der Waals surface area contributed by atoms with E-state index in [0.29, 0.717) is 29.2 Å². The number of ketones is 1. The molecule has 1 aliphatic heterocycles. The van der Waals surface area contributed by atoms with Crippen LogP contribution in [0.25, 0.3) is 0 Å². The van der Waals surface area contributed by atoms with E-state index in [1.807, 2.05) is 27.1 Å². The van der Waals surface area contributed by atoms with Gasteiger partial charge < -0.3 is 14.9 Å². The van der Waals surface area contributed by atoms with E-state index < -0.39 is 17.7 Å². The third-order valence-electron chi connectivity index (χ3n) is 4.51. The van der Waals surface area contributed by atoms with Gasteiger partial charge in [-0.2, -0.15) is 0 Å². The number of carbonyl (C=O) groups excluding carboxylic acids is 2. The van der Waals surface area contributed by atoms with Crippen LogP contribution in [-0.4, -0.2) is 58.8 Å². The molecule has 8 heteroatoms. The molecule has 0 saturated heterocycles. The summed E-state index contributed by atoms with van der Waals surface area (Å²) < 4.78 is 0. The zero-order valence-electron chi connectivity index (χ0n) is 15.8. The Kier molecular flexibility index (Phi) is 5.38. The number of pyridine rings is 1. The van der Waals surface area contributed by atoms with Crippen molar-refractivity contribution in [2.45, 2.75) is 19.9 Å². The van der Waals surface area contributed by atoms with E-state index in [1.54, 1.807) is 30.3 Å². The predicted molar refractivity (Wildman–Crippen MR) is 102 cm³/mol. The van der Waals surface area contributed by atoms with Crippen molar-refractivity contribution >= 4 is 23.0 Å². The summed E-state index contributed by atoms with van der Waals surface area (Å²) in [7, 11) is 3.98. The summed E-state index contributed by atoms with van der Waals surface area (Å²) in [6.45, 7) is 4.70. The number of aliphatic hydroxyl groups excluding tert-OH is 1. The van der Waals surface area contributed by atoms with E-state index >= 15 is 0 Å². The van der Waals surface area contributed by atoms with Crippen molar-refractivity contribution in [2.75, 3.05) is 27.2 Å². The number of nitrogens with one attached hydrogen (secondary N) is 1. The first-order chi connectivity index (χ1) is 12.8. The maximum atomic E-state index is 13.3. The summed E-state index contributed by atoms with van der Waals surface area (Å²) in [4.78, 5) is 37.6. The lowest BCUT2D eigenvalue weighted by atomic mass is 9.96. The molecule has 2 aromatic rings. The smallest absolute Gasteiger partial charge is 0.290 e. The van der Waals surface area contributed by atoms with Crippen LogP contribution in [0.3, 0.4) is 0 Å². The zero-order valence-corrected chi connectivity index (χ0v) is 16.6. The molecule has 0 radical (unpaired) electrons. The number of rotatable bonds is 6. The Hall–Kier alpha value is -2.58. The Morgan fingerprint density at radius 2 is 2.11 bits per heavy atom. The van der Waals surface area contributed by atoms with Crippen LogP contribution >= 0.6 is 11.3 Å². The summed E-state index contributed by atoms with van der Waals surface area (Å²) in [5.74, 6) is -1.35. The van der Waals surface area contributed by atoms with Gasteiger partial charge >= 0.3 is 0 Å². The van der Waals surface area contributed by atoms with Crippen LogP contribution in [0.1, 0.15) is 32.0 Å². The second-order valence-corrected chi connectivity index (χ2v) is 8.09. The molecule has 27 heavy (non-hydrogen) atoms. The minimum Gasteiger partial charge on any atom is -0.503 e. The van der Waals surface area contributed by atoms with Crippen molar-refractivity contribution < 1.29 is 19.6 Å². The minimum atomic E-state index is -0.653. The molecule has 0 aliphatic carbocycles. The lowest BCUT2D eigenvalue weighted by Crippen LogP contribution is -3.06. The number of hydrogen-bond acceptors (Lipinski definition) is 6. The molecule has 142 valence electrons. The van der Waals surface area contributed by atoms with Gasteiger partial charge in [-0.05, 0) is 25.5 Å². The number of aryl methyl sites for hydroxylation is 2. The molecule has 0 spiro atoms. The van der Waals surface area contributed by atoms with E-state index in [1.165, 1.54) is 16.2 Å². The average Bonchev–Trinajstić information content (AvgIpc) is 3.10. The molecule has 2 N–H and O–H groups in total. The molecule has 2 aromatic heterocycles. The second kappa shape index (κ2) is 7.58. The number of carbonyl (C=O) groups is 2. The molecule has 1 atom stereocenters. The highest BCUT2D eigenvalue weighted by Gasteiger charge is 2.44. The molecule has 1 amide bonds.